The number of guanidine groups is 1. The minimum absolute atomic E-state index is 0. The first-order chi connectivity index (χ1) is 9.38. The molecular weight excluding hydrogens is 363 g/mol. The highest BCUT2D eigenvalue weighted by atomic mass is 127. The molecule has 2 rings (SSSR count). The molecule has 0 saturated heterocycles. The largest absolute Gasteiger partial charge is 0.352 e. The number of halogens is 1. The van der Waals surface area contributed by atoms with E-state index in [-0.39, 0.29) is 24.0 Å². The Morgan fingerprint density at radius 2 is 1.70 bits per heavy atom. The lowest BCUT2D eigenvalue weighted by Crippen LogP contribution is -2.36. The quantitative estimate of drug-likeness (QED) is 0.486. The Hall–Kier alpha value is -1.63. The van der Waals surface area contributed by atoms with E-state index in [0.717, 1.165) is 18.2 Å². The number of hydrogen-bond acceptors (Lipinski definition) is 2. The van der Waals surface area contributed by atoms with Crippen molar-refractivity contribution in [1.29, 1.82) is 0 Å². The summed E-state index contributed by atoms with van der Waals surface area (Å²) in [6.07, 6.45) is 1.79. The third-order valence-corrected chi connectivity index (χ3v) is 2.69. The third kappa shape index (κ3) is 5.56. The Morgan fingerprint density at radius 3 is 2.35 bits per heavy atom. The Morgan fingerprint density at radius 1 is 1.00 bits per heavy atom. The zero-order valence-electron chi connectivity index (χ0n) is 11.4. The number of pyridine rings is 1. The molecule has 0 amide bonds. The van der Waals surface area contributed by atoms with Crippen molar-refractivity contribution in [3.63, 3.8) is 0 Å². The summed E-state index contributed by atoms with van der Waals surface area (Å²) < 4.78 is 0. The molecule has 1 heterocycles. The maximum Gasteiger partial charge on any atom is 0.191 e. The van der Waals surface area contributed by atoms with E-state index in [1.54, 1.807) is 13.2 Å². The normalized spacial score (nSPS) is 10.6. The zero-order valence-corrected chi connectivity index (χ0v) is 13.7. The van der Waals surface area contributed by atoms with Crippen LogP contribution in [-0.4, -0.2) is 18.0 Å². The van der Waals surface area contributed by atoms with Crippen LogP contribution in [-0.2, 0) is 13.1 Å². The molecule has 0 aliphatic heterocycles. The lowest BCUT2D eigenvalue weighted by atomic mass is 10.2. The fourth-order valence-corrected chi connectivity index (χ4v) is 1.68. The van der Waals surface area contributed by atoms with Crippen LogP contribution < -0.4 is 10.6 Å². The molecule has 0 aliphatic carbocycles. The van der Waals surface area contributed by atoms with E-state index in [0.29, 0.717) is 6.54 Å². The number of nitrogens with one attached hydrogen (secondary N) is 2. The summed E-state index contributed by atoms with van der Waals surface area (Å²) in [5.74, 6) is 0.773. The highest BCUT2D eigenvalue weighted by molar-refractivity contribution is 14.0. The summed E-state index contributed by atoms with van der Waals surface area (Å²) in [6.45, 7) is 1.41. The number of hydrogen-bond donors (Lipinski definition) is 2. The van der Waals surface area contributed by atoms with Gasteiger partial charge in [-0.05, 0) is 17.7 Å². The second kappa shape index (κ2) is 9.30. The molecular formula is C15H19IN4. The van der Waals surface area contributed by atoms with E-state index in [1.165, 1.54) is 5.56 Å². The van der Waals surface area contributed by atoms with Crippen molar-refractivity contribution in [3.05, 3.63) is 66.0 Å². The van der Waals surface area contributed by atoms with Gasteiger partial charge in [-0.15, -0.1) is 24.0 Å². The monoisotopic (exact) mass is 382 g/mol. The van der Waals surface area contributed by atoms with Gasteiger partial charge < -0.3 is 10.6 Å². The van der Waals surface area contributed by atoms with Crippen molar-refractivity contribution >= 4 is 29.9 Å². The zero-order chi connectivity index (χ0) is 13.3. The number of aliphatic imine (C=N–C) groups is 1. The Bertz CT molecular complexity index is 468. The first-order valence-corrected chi connectivity index (χ1v) is 6.27. The minimum Gasteiger partial charge on any atom is -0.352 e. The van der Waals surface area contributed by atoms with Crippen LogP contribution >= 0.6 is 24.0 Å². The fraction of sp³-hybridized carbons (Fsp3) is 0.200. The van der Waals surface area contributed by atoms with Gasteiger partial charge in [-0.3, -0.25) is 9.98 Å². The highest BCUT2D eigenvalue weighted by Crippen LogP contribution is 1.97. The van der Waals surface area contributed by atoms with Crippen LogP contribution in [0.1, 0.15) is 11.3 Å². The van der Waals surface area contributed by atoms with Gasteiger partial charge in [0.25, 0.3) is 0 Å². The van der Waals surface area contributed by atoms with Crippen LogP contribution in [0.25, 0.3) is 0 Å². The van der Waals surface area contributed by atoms with Crippen LogP contribution in [0.3, 0.4) is 0 Å². The predicted octanol–water partition coefficient (Wildman–Crippen LogP) is 2.56. The van der Waals surface area contributed by atoms with Gasteiger partial charge in [0.2, 0.25) is 0 Å². The van der Waals surface area contributed by atoms with Gasteiger partial charge in [0.15, 0.2) is 5.96 Å². The molecule has 0 unspecified atom stereocenters. The Balaban J connectivity index is 0.00000200. The smallest absolute Gasteiger partial charge is 0.191 e. The average molecular weight is 382 g/mol. The number of rotatable bonds is 4. The maximum absolute atomic E-state index is 4.26. The first kappa shape index (κ1) is 16.4. The molecule has 4 nitrogen and oxygen atoms in total. The van der Waals surface area contributed by atoms with Crippen molar-refractivity contribution in [1.82, 2.24) is 15.6 Å². The molecule has 20 heavy (non-hydrogen) atoms. The molecule has 0 atom stereocenters. The average Bonchev–Trinajstić information content (AvgIpc) is 2.49. The molecule has 0 bridgehead atoms. The summed E-state index contributed by atoms with van der Waals surface area (Å²) in [5.41, 5.74) is 2.22. The van der Waals surface area contributed by atoms with Gasteiger partial charge in [-0.25, -0.2) is 0 Å². The van der Waals surface area contributed by atoms with E-state index in [1.807, 2.05) is 36.4 Å². The summed E-state index contributed by atoms with van der Waals surface area (Å²) >= 11 is 0. The number of nitrogens with zero attached hydrogens (tertiary/aromatic N) is 2. The lowest BCUT2D eigenvalue weighted by Gasteiger charge is -2.11. The second-order valence-electron chi connectivity index (χ2n) is 4.09. The van der Waals surface area contributed by atoms with E-state index in [4.69, 9.17) is 0 Å². The maximum atomic E-state index is 4.26. The molecule has 2 aromatic rings. The van der Waals surface area contributed by atoms with E-state index >= 15 is 0 Å². The SMILES string of the molecule is CN=C(NCc1ccccc1)NCc1ccccn1.I. The molecule has 1 aromatic heterocycles. The topological polar surface area (TPSA) is 49.3 Å². The van der Waals surface area contributed by atoms with Crippen LogP contribution in [0.5, 0.6) is 0 Å². The van der Waals surface area contributed by atoms with E-state index < -0.39 is 0 Å². The molecule has 0 fully saturated rings. The summed E-state index contributed by atoms with van der Waals surface area (Å²) in [5, 5.41) is 6.50. The van der Waals surface area contributed by atoms with Crippen molar-refractivity contribution < 1.29 is 0 Å². The lowest BCUT2D eigenvalue weighted by molar-refractivity contribution is 0.794. The van der Waals surface area contributed by atoms with Gasteiger partial charge in [0.05, 0.1) is 12.2 Å². The van der Waals surface area contributed by atoms with Crippen molar-refractivity contribution in [2.45, 2.75) is 13.1 Å². The van der Waals surface area contributed by atoms with Crippen molar-refractivity contribution in [2.24, 2.45) is 4.99 Å². The van der Waals surface area contributed by atoms with Gasteiger partial charge in [0, 0.05) is 19.8 Å². The second-order valence-corrected chi connectivity index (χ2v) is 4.09. The van der Waals surface area contributed by atoms with Crippen LogP contribution in [0, 0.1) is 0 Å². The highest BCUT2D eigenvalue weighted by Gasteiger charge is 1.98. The summed E-state index contributed by atoms with van der Waals surface area (Å²) in [4.78, 5) is 8.44. The summed E-state index contributed by atoms with van der Waals surface area (Å²) in [6, 6.07) is 16.1. The fourth-order valence-electron chi connectivity index (χ4n) is 1.68. The molecule has 0 spiro atoms. The number of benzene rings is 1. The molecule has 2 N–H and O–H groups in total. The third-order valence-electron chi connectivity index (χ3n) is 2.69. The van der Waals surface area contributed by atoms with E-state index in [9.17, 15) is 0 Å². The Kier molecular flexibility index (Phi) is 7.64. The van der Waals surface area contributed by atoms with Crippen LogP contribution in [0.4, 0.5) is 0 Å². The molecule has 5 heteroatoms. The molecule has 106 valence electrons. The standard InChI is InChI=1S/C15H18N4.HI/c1-16-15(18-11-13-7-3-2-4-8-13)19-12-14-9-5-6-10-17-14;/h2-10H,11-12H2,1H3,(H2,16,18,19);1H. The van der Waals surface area contributed by atoms with Gasteiger partial charge in [-0.1, -0.05) is 36.4 Å². The number of aromatic nitrogens is 1. The molecule has 0 aliphatic rings. The first-order valence-electron chi connectivity index (χ1n) is 6.27. The molecule has 1 aromatic carbocycles. The predicted molar refractivity (Wildman–Crippen MR) is 93.1 cm³/mol. The minimum atomic E-state index is 0. The van der Waals surface area contributed by atoms with Gasteiger partial charge >= 0.3 is 0 Å². The molecule has 0 saturated carbocycles. The van der Waals surface area contributed by atoms with Crippen molar-refractivity contribution in [2.75, 3.05) is 7.05 Å². The van der Waals surface area contributed by atoms with Crippen LogP contribution in [0.2, 0.25) is 0 Å². The molecule has 0 radical (unpaired) electrons. The van der Waals surface area contributed by atoms with Gasteiger partial charge in [0.1, 0.15) is 0 Å². The van der Waals surface area contributed by atoms with E-state index in [2.05, 4.69) is 32.7 Å². The van der Waals surface area contributed by atoms with Crippen molar-refractivity contribution in [3.8, 4) is 0 Å². The van der Waals surface area contributed by atoms with Gasteiger partial charge in [-0.2, -0.15) is 0 Å². The Labute approximate surface area is 136 Å². The van der Waals surface area contributed by atoms with Crippen LogP contribution in [0.15, 0.2) is 59.7 Å². The summed E-state index contributed by atoms with van der Waals surface area (Å²) in [7, 11) is 1.76.